The second-order valence-electron chi connectivity index (χ2n) is 5.50. The van der Waals surface area contributed by atoms with Crippen LogP contribution in [0.3, 0.4) is 0 Å². The maximum atomic E-state index is 6.11. The fraction of sp³-hybridized carbons (Fsp3) is 0.667. The molecule has 80 valence electrons. The van der Waals surface area contributed by atoms with Crippen LogP contribution in [-0.2, 0) is 4.43 Å². The zero-order valence-corrected chi connectivity index (χ0v) is 11.0. The summed E-state index contributed by atoms with van der Waals surface area (Å²) in [5.74, 6) is 0.504. The Kier molecular flexibility index (Phi) is 3.38. The predicted octanol–water partition coefficient (Wildman–Crippen LogP) is 3.75. The molecule has 0 N–H and O–H groups in total. The quantitative estimate of drug-likeness (QED) is 0.645. The van der Waals surface area contributed by atoms with Crippen molar-refractivity contribution < 1.29 is 4.43 Å². The molecule has 0 bridgehead atoms. The Bertz CT molecular complexity index is 234. The van der Waals surface area contributed by atoms with E-state index in [1.165, 1.54) is 0 Å². The van der Waals surface area contributed by atoms with Crippen LogP contribution >= 0.6 is 0 Å². The largest absolute Gasteiger partial charge is 0.416 e. The number of hydrogen-bond acceptors (Lipinski definition) is 1. The van der Waals surface area contributed by atoms with Crippen LogP contribution in [0.15, 0.2) is 24.3 Å². The van der Waals surface area contributed by atoms with Crippen molar-refractivity contribution in [1.29, 1.82) is 0 Å². The van der Waals surface area contributed by atoms with Crippen molar-refractivity contribution in [2.24, 2.45) is 5.92 Å². The lowest BCUT2D eigenvalue weighted by molar-refractivity contribution is 0.270. The van der Waals surface area contributed by atoms with Gasteiger partial charge < -0.3 is 4.43 Å². The first kappa shape index (κ1) is 11.7. The van der Waals surface area contributed by atoms with Gasteiger partial charge in [0.15, 0.2) is 8.32 Å². The Morgan fingerprint density at radius 2 is 1.64 bits per heavy atom. The summed E-state index contributed by atoms with van der Waals surface area (Å²) < 4.78 is 6.11. The highest BCUT2D eigenvalue weighted by Crippen LogP contribution is 2.36. The molecule has 1 aliphatic carbocycles. The van der Waals surface area contributed by atoms with Gasteiger partial charge in [-0.25, -0.2) is 0 Å². The lowest BCUT2D eigenvalue weighted by atomic mass is 10.2. The first-order valence-corrected chi connectivity index (χ1v) is 8.23. The molecular weight excluding hydrogens is 188 g/mol. The Hall–Kier alpha value is -0.343. The fourth-order valence-electron chi connectivity index (χ4n) is 1.11. The average molecular weight is 210 g/mol. The molecule has 1 aliphatic rings. The van der Waals surface area contributed by atoms with Gasteiger partial charge in [0.1, 0.15) is 0 Å². The van der Waals surface area contributed by atoms with E-state index in [-0.39, 0.29) is 0 Å². The molecule has 1 nitrogen and oxygen atoms in total. The molecule has 14 heavy (non-hydrogen) atoms. The van der Waals surface area contributed by atoms with Crippen molar-refractivity contribution in [2.45, 2.75) is 38.9 Å². The lowest BCUT2D eigenvalue weighted by Crippen LogP contribution is -2.41. The van der Waals surface area contributed by atoms with Gasteiger partial charge in [-0.15, -0.1) is 0 Å². The van der Waals surface area contributed by atoms with Gasteiger partial charge in [0.05, 0.1) is 0 Å². The van der Waals surface area contributed by atoms with Crippen LogP contribution in [0.4, 0.5) is 0 Å². The molecule has 2 heteroatoms. The van der Waals surface area contributed by atoms with Crippen LogP contribution in [0.5, 0.6) is 0 Å². The predicted molar refractivity (Wildman–Crippen MR) is 64.9 cm³/mol. The SMILES string of the molecule is CC(C)(C)[Si](C)(C)OCC1C=CC=C1. The molecule has 0 amide bonds. The maximum Gasteiger partial charge on any atom is 0.192 e. The van der Waals surface area contributed by atoms with E-state index in [1.54, 1.807) is 0 Å². The average Bonchev–Trinajstić information content (AvgIpc) is 2.50. The monoisotopic (exact) mass is 210 g/mol. The number of rotatable bonds is 3. The highest BCUT2D eigenvalue weighted by atomic mass is 28.4. The molecule has 1 rings (SSSR count). The molecule has 0 spiro atoms. The van der Waals surface area contributed by atoms with Crippen molar-refractivity contribution >= 4 is 8.32 Å². The zero-order valence-electron chi connectivity index (χ0n) is 10.0. The molecule has 0 saturated carbocycles. The second kappa shape index (κ2) is 4.03. The Balaban J connectivity index is 2.44. The number of hydrogen-bond donors (Lipinski definition) is 0. The summed E-state index contributed by atoms with van der Waals surface area (Å²) in [6.45, 7) is 12.3. The van der Waals surface area contributed by atoms with Crippen LogP contribution in [0.25, 0.3) is 0 Å². The molecule has 0 saturated heterocycles. The van der Waals surface area contributed by atoms with E-state index in [9.17, 15) is 0 Å². The molecule has 0 radical (unpaired) electrons. The Morgan fingerprint density at radius 3 is 2.07 bits per heavy atom. The van der Waals surface area contributed by atoms with Gasteiger partial charge in [-0.1, -0.05) is 45.1 Å². The summed E-state index contributed by atoms with van der Waals surface area (Å²) in [7, 11) is -1.54. The molecule has 0 aromatic rings. The highest BCUT2D eigenvalue weighted by Gasteiger charge is 2.37. The van der Waals surface area contributed by atoms with E-state index < -0.39 is 8.32 Å². The van der Waals surface area contributed by atoms with E-state index in [2.05, 4.69) is 58.2 Å². The van der Waals surface area contributed by atoms with Gasteiger partial charge >= 0.3 is 0 Å². The van der Waals surface area contributed by atoms with E-state index in [0.29, 0.717) is 11.0 Å². The smallest absolute Gasteiger partial charge is 0.192 e. The number of allylic oxidation sites excluding steroid dienone is 2. The van der Waals surface area contributed by atoms with Crippen molar-refractivity contribution in [3.63, 3.8) is 0 Å². The Labute approximate surface area is 89.0 Å². The molecule has 0 unspecified atom stereocenters. The van der Waals surface area contributed by atoms with Crippen molar-refractivity contribution in [3.8, 4) is 0 Å². The van der Waals surface area contributed by atoms with E-state index in [4.69, 9.17) is 4.43 Å². The summed E-state index contributed by atoms with van der Waals surface area (Å²) in [6.07, 6.45) is 8.60. The van der Waals surface area contributed by atoms with Crippen LogP contribution < -0.4 is 0 Å². The van der Waals surface area contributed by atoms with Gasteiger partial charge in [-0.2, -0.15) is 0 Å². The molecular formula is C12H22OSi. The molecule has 0 fully saturated rings. The third-order valence-electron chi connectivity index (χ3n) is 3.27. The zero-order chi connectivity index (χ0) is 10.8. The molecule has 0 aromatic carbocycles. The molecule has 0 heterocycles. The lowest BCUT2D eigenvalue weighted by Gasteiger charge is -2.36. The minimum atomic E-state index is -1.54. The maximum absolute atomic E-state index is 6.11. The van der Waals surface area contributed by atoms with E-state index in [0.717, 1.165) is 6.61 Å². The Morgan fingerprint density at radius 1 is 1.14 bits per heavy atom. The van der Waals surface area contributed by atoms with Crippen molar-refractivity contribution in [2.75, 3.05) is 6.61 Å². The third kappa shape index (κ3) is 2.82. The fourth-order valence-corrected chi connectivity index (χ4v) is 2.15. The van der Waals surface area contributed by atoms with Crippen molar-refractivity contribution in [1.82, 2.24) is 0 Å². The summed E-state index contributed by atoms with van der Waals surface area (Å²) >= 11 is 0. The minimum Gasteiger partial charge on any atom is -0.416 e. The van der Waals surface area contributed by atoms with Gasteiger partial charge in [-0.05, 0) is 18.1 Å². The third-order valence-corrected chi connectivity index (χ3v) is 7.77. The van der Waals surface area contributed by atoms with Crippen LogP contribution in [-0.4, -0.2) is 14.9 Å². The first-order valence-electron chi connectivity index (χ1n) is 5.32. The summed E-state index contributed by atoms with van der Waals surface area (Å²) in [6, 6.07) is 0. The van der Waals surface area contributed by atoms with Crippen LogP contribution in [0.2, 0.25) is 18.1 Å². The van der Waals surface area contributed by atoms with Gasteiger partial charge in [0.25, 0.3) is 0 Å². The summed E-state index contributed by atoms with van der Waals surface area (Å²) in [4.78, 5) is 0. The van der Waals surface area contributed by atoms with Crippen LogP contribution in [0, 0.1) is 5.92 Å². The standard InChI is InChI=1S/C12H22OSi/c1-12(2,3)14(4,5)13-10-11-8-6-7-9-11/h6-9,11H,10H2,1-5H3. The molecule has 0 aliphatic heterocycles. The molecule has 0 aromatic heterocycles. The van der Waals surface area contributed by atoms with Gasteiger partial charge in [0.2, 0.25) is 0 Å². The highest BCUT2D eigenvalue weighted by molar-refractivity contribution is 6.74. The van der Waals surface area contributed by atoms with Crippen LogP contribution in [0.1, 0.15) is 20.8 Å². The van der Waals surface area contributed by atoms with E-state index >= 15 is 0 Å². The summed E-state index contributed by atoms with van der Waals surface area (Å²) in [5.41, 5.74) is 0. The normalized spacial score (nSPS) is 18.1. The topological polar surface area (TPSA) is 9.23 Å². The second-order valence-corrected chi connectivity index (χ2v) is 10.3. The van der Waals surface area contributed by atoms with Gasteiger partial charge in [0, 0.05) is 12.5 Å². The van der Waals surface area contributed by atoms with Gasteiger partial charge in [-0.3, -0.25) is 0 Å². The molecule has 0 atom stereocenters. The minimum absolute atomic E-state index is 0.318. The van der Waals surface area contributed by atoms with Crippen molar-refractivity contribution in [3.05, 3.63) is 24.3 Å². The summed E-state index contributed by atoms with van der Waals surface area (Å²) in [5, 5.41) is 0.318. The van der Waals surface area contributed by atoms with E-state index in [1.807, 2.05) is 0 Å². The first-order chi connectivity index (χ1) is 6.33.